The molecule has 0 aromatic rings. The SMILES string of the molecule is CC(=CCO)CCC=C(C)CCC=C(C)CCC=C(C)CCCC(C)(O)CCCC(C)(O)CCCC(C)(O)CCCC1(C)CCC(C(C)(C)O)O1. The Kier molecular flexibility index (Phi) is 21.4. The van der Waals surface area contributed by atoms with E-state index in [0.717, 1.165) is 96.3 Å². The molecule has 298 valence electrons. The molecular weight excluding hydrogens is 636 g/mol. The molecule has 1 aliphatic heterocycles. The van der Waals surface area contributed by atoms with E-state index >= 15 is 0 Å². The zero-order valence-electron chi connectivity index (χ0n) is 34.9. The van der Waals surface area contributed by atoms with Gasteiger partial charge in [-0.3, -0.25) is 0 Å². The van der Waals surface area contributed by atoms with E-state index in [-0.39, 0.29) is 18.3 Å². The van der Waals surface area contributed by atoms with Crippen LogP contribution in [-0.2, 0) is 4.74 Å². The van der Waals surface area contributed by atoms with Gasteiger partial charge in [0.25, 0.3) is 0 Å². The van der Waals surface area contributed by atoms with Crippen LogP contribution >= 0.6 is 0 Å². The van der Waals surface area contributed by atoms with Gasteiger partial charge in [0.05, 0.1) is 40.7 Å². The summed E-state index contributed by atoms with van der Waals surface area (Å²) in [5.41, 5.74) is 2.14. The van der Waals surface area contributed by atoms with Crippen LogP contribution in [0.2, 0.25) is 0 Å². The Bertz CT molecular complexity index is 1100. The minimum atomic E-state index is -0.830. The molecule has 5 unspecified atom stereocenters. The fourth-order valence-corrected chi connectivity index (χ4v) is 7.45. The van der Waals surface area contributed by atoms with Gasteiger partial charge < -0.3 is 30.3 Å². The Labute approximate surface area is 314 Å². The second kappa shape index (κ2) is 22.8. The number of allylic oxidation sites excluding steroid dienone is 7. The topological polar surface area (TPSA) is 110 Å². The first-order chi connectivity index (χ1) is 23.6. The third-order valence-corrected chi connectivity index (χ3v) is 11.3. The number of hydrogen-bond donors (Lipinski definition) is 5. The minimum absolute atomic E-state index is 0.128. The van der Waals surface area contributed by atoms with E-state index in [1.807, 2.05) is 40.7 Å². The Morgan fingerprint density at radius 1 is 0.588 bits per heavy atom. The number of aliphatic hydroxyl groups is 5. The molecule has 0 amide bonds. The van der Waals surface area contributed by atoms with E-state index in [4.69, 9.17) is 9.84 Å². The molecule has 1 fully saturated rings. The van der Waals surface area contributed by atoms with Crippen LogP contribution in [0.3, 0.4) is 0 Å². The lowest BCUT2D eigenvalue weighted by molar-refractivity contribution is -0.119. The fraction of sp³-hybridized carbons (Fsp3) is 0.822. The van der Waals surface area contributed by atoms with Crippen molar-refractivity contribution in [3.05, 3.63) is 46.6 Å². The Morgan fingerprint density at radius 3 is 1.35 bits per heavy atom. The predicted molar refractivity (Wildman–Crippen MR) is 216 cm³/mol. The number of hydrogen-bond acceptors (Lipinski definition) is 6. The molecule has 0 spiro atoms. The molecule has 0 bridgehead atoms. The predicted octanol–water partition coefficient (Wildman–Crippen LogP) is 10.7. The first-order valence-electron chi connectivity index (χ1n) is 20.4. The van der Waals surface area contributed by atoms with Crippen molar-refractivity contribution in [1.82, 2.24) is 0 Å². The van der Waals surface area contributed by atoms with Crippen LogP contribution in [0.4, 0.5) is 0 Å². The Balaban J connectivity index is 2.26. The van der Waals surface area contributed by atoms with Crippen molar-refractivity contribution in [3.8, 4) is 0 Å². The smallest absolute Gasteiger partial charge is 0.0864 e. The third-order valence-electron chi connectivity index (χ3n) is 11.3. The Hall–Kier alpha value is -1.28. The summed E-state index contributed by atoms with van der Waals surface area (Å²) in [5, 5.41) is 52.3. The average Bonchev–Trinajstić information content (AvgIpc) is 3.39. The van der Waals surface area contributed by atoms with Crippen LogP contribution in [0, 0.1) is 0 Å². The zero-order valence-corrected chi connectivity index (χ0v) is 34.9. The molecule has 5 N–H and O–H groups in total. The van der Waals surface area contributed by atoms with Crippen LogP contribution in [-0.4, -0.2) is 66.2 Å². The lowest BCUT2D eigenvalue weighted by Gasteiger charge is -2.31. The molecule has 1 rings (SSSR count). The van der Waals surface area contributed by atoms with E-state index in [0.29, 0.717) is 32.1 Å². The van der Waals surface area contributed by atoms with Gasteiger partial charge in [0, 0.05) is 0 Å². The molecule has 1 saturated heterocycles. The molecule has 1 heterocycles. The van der Waals surface area contributed by atoms with Gasteiger partial charge in [-0.15, -0.1) is 0 Å². The number of ether oxygens (including phenoxy) is 1. The van der Waals surface area contributed by atoms with Crippen LogP contribution in [0.1, 0.15) is 198 Å². The molecule has 0 aromatic heterocycles. The van der Waals surface area contributed by atoms with E-state index < -0.39 is 22.4 Å². The highest BCUT2D eigenvalue weighted by atomic mass is 16.5. The summed E-state index contributed by atoms with van der Waals surface area (Å²) in [4.78, 5) is 0. The fourth-order valence-electron chi connectivity index (χ4n) is 7.45. The van der Waals surface area contributed by atoms with Crippen molar-refractivity contribution in [1.29, 1.82) is 0 Å². The zero-order chi connectivity index (χ0) is 38.8. The summed E-state index contributed by atoms with van der Waals surface area (Å²) in [6.45, 7) is 20.3. The standard InChI is InChI=1S/C45H82O6/c1-36(18-11-19-37(2)21-13-23-39(4)26-35-46)20-12-22-38(3)24-14-27-42(7,48)28-15-29-43(8,49)30-16-31-44(9,50)32-17-33-45(10)34-25-40(51-45)41(5,6)47/h18,21-22,26,40,46-50H,11-17,19-20,23-25,27-35H2,1-10H3. The molecule has 0 aromatic carbocycles. The molecule has 1 aliphatic rings. The summed E-state index contributed by atoms with van der Waals surface area (Å²) >= 11 is 0. The van der Waals surface area contributed by atoms with Crippen LogP contribution < -0.4 is 0 Å². The highest BCUT2D eigenvalue weighted by Crippen LogP contribution is 2.39. The van der Waals surface area contributed by atoms with Crippen molar-refractivity contribution >= 4 is 0 Å². The largest absolute Gasteiger partial charge is 0.392 e. The van der Waals surface area contributed by atoms with E-state index in [1.165, 1.54) is 22.3 Å². The van der Waals surface area contributed by atoms with Gasteiger partial charge >= 0.3 is 0 Å². The van der Waals surface area contributed by atoms with Gasteiger partial charge in [0.2, 0.25) is 0 Å². The van der Waals surface area contributed by atoms with Crippen molar-refractivity contribution in [2.75, 3.05) is 6.61 Å². The maximum absolute atomic E-state index is 11.0. The molecule has 6 nitrogen and oxygen atoms in total. The first kappa shape index (κ1) is 47.7. The van der Waals surface area contributed by atoms with Gasteiger partial charge in [-0.1, -0.05) is 46.6 Å². The highest BCUT2D eigenvalue weighted by molar-refractivity contribution is 5.07. The highest BCUT2D eigenvalue weighted by Gasteiger charge is 2.42. The van der Waals surface area contributed by atoms with Gasteiger partial charge in [-0.25, -0.2) is 0 Å². The second-order valence-electron chi connectivity index (χ2n) is 18.2. The van der Waals surface area contributed by atoms with Gasteiger partial charge in [0.15, 0.2) is 0 Å². The van der Waals surface area contributed by atoms with E-state index in [9.17, 15) is 20.4 Å². The third kappa shape index (κ3) is 23.2. The maximum atomic E-state index is 11.0. The summed E-state index contributed by atoms with van der Waals surface area (Å²) in [6.07, 6.45) is 26.3. The van der Waals surface area contributed by atoms with Crippen LogP contribution in [0.15, 0.2) is 46.6 Å². The molecule has 0 radical (unpaired) electrons. The second-order valence-corrected chi connectivity index (χ2v) is 18.2. The minimum Gasteiger partial charge on any atom is -0.392 e. The summed E-state index contributed by atoms with van der Waals surface area (Å²) < 4.78 is 6.21. The molecule has 51 heavy (non-hydrogen) atoms. The van der Waals surface area contributed by atoms with E-state index in [2.05, 4.69) is 52.8 Å². The molecule has 0 aliphatic carbocycles. The summed E-state index contributed by atoms with van der Waals surface area (Å²) in [6, 6.07) is 0. The van der Waals surface area contributed by atoms with Crippen molar-refractivity contribution in [3.63, 3.8) is 0 Å². The summed E-state index contributed by atoms with van der Waals surface area (Å²) in [7, 11) is 0. The molecule has 5 atom stereocenters. The molecular formula is C45H82O6. The summed E-state index contributed by atoms with van der Waals surface area (Å²) in [5.74, 6) is 0. The van der Waals surface area contributed by atoms with Crippen LogP contribution in [0.5, 0.6) is 0 Å². The van der Waals surface area contributed by atoms with Crippen molar-refractivity contribution < 1.29 is 30.3 Å². The monoisotopic (exact) mass is 719 g/mol. The normalized spacial score (nSPS) is 23.3. The van der Waals surface area contributed by atoms with Crippen LogP contribution in [0.25, 0.3) is 0 Å². The number of aliphatic hydroxyl groups excluding tert-OH is 1. The lowest BCUT2D eigenvalue weighted by Crippen LogP contribution is -2.38. The van der Waals surface area contributed by atoms with Gasteiger partial charge in [0.1, 0.15) is 0 Å². The lowest BCUT2D eigenvalue weighted by atomic mass is 9.84. The van der Waals surface area contributed by atoms with Crippen molar-refractivity contribution in [2.45, 2.75) is 232 Å². The first-order valence-corrected chi connectivity index (χ1v) is 20.4. The van der Waals surface area contributed by atoms with Crippen molar-refractivity contribution in [2.24, 2.45) is 0 Å². The molecule has 6 heteroatoms. The van der Waals surface area contributed by atoms with Gasteiger partial charge in [-0.05, 0) is 198 Å². The average molecular weight is 719 g/mol. The van der Waals surface area contributed by atoms with E-state index in [1.54, 1.807) is 0 Å². The quantitative estimate of drug-likeness (QED) is 0.0541. The molecule has 0 saturated carbocycles. The maximum Gasteiger partial charge on any atom is 0.0864 e. The number of rotatable bonds is 27. The van der Waals surface area contributed by atoms with Gasteiger partial charge in [-0.2, -0.15) is 0 Å². The Morgan fingerprint density at radius 2 is 0.961 bits per heavy atom.